The highest BCUT2D eigenvalue weighted by atomic mass is 16.1. The molecule has 3 N–H and O–H groups in total. The Morgan fingerprint density at radius 1 is 1.23 bits per heavy atom. The molecule has 0 saturated heterocycles. The van der Waals surface area contributed by atoms with Gasteiger partial charge in [0.2, 0.25) is 0 Å². The molecule has 2 aromatic carbocycles. The number of pyridine rings is 1. The minimum atomic E-state index is 0.0446. The monoisotopic (exact) mass is 291 g/mol. The summed E-state index contributed by atoms with van der Waals surface area (Å²) in [4.78, 5) is 13.2. The quantitative estimate of drug-likeness (QED) is 0.471. The molecule has 0 radical (unpaired) electrons. The molecule has 0 saturated carbocycles. The lowest BCUT2D eigenvalue weighted by Crippen LogP contribution is -2.11. The van der Waals surface area contributed by atoms with Gasteiger partial charge in [0.25, 0.3) is 0 Å². The fourth-order valence-electron chi connectivity index (χ4n) is 3.50. The van der Waals surface area contributed by atoms with Gasteiger partial charge >= 0.3 is 0 Å². The van der Waals surface area contributed by atoms with Crippen molar-refractivity contribution in [1.29, 1.82) is 0 Å². The zero-order valence-electron chi connectivity index (χ0n) is 11.9. The van der Waals surface area contributed by atoms with Crippen LogP contribution in [-0.4, -0.2) is 21.8 Å². The maximum atomic E-state index is 13.2. The second kappa shape index (κ2) is 3.79. The summed E-state index contributed by atoms with van der Waals surface area (Å²) in [5.41, 5.74) is 4.68. The number of hydrogen-bond donors (Lipinski definition) is 3. The number of nitrogens with one attached hydrogen (secondary N) is 3. The maximum absolute atomic E-state index is 13.2. The predicted molar refractivity (Wildman–Crippen MR) is 88.5 cm³/mol. The Balaban J connectivity index is 2.18. The van der Waals surface area contributed by atoms with Crippen LogP contribution in [0, 0.1) is 0 Å². The largest absolute Gasteiger partial charge is 0.387 e. The van der Waals surface area contributed by atoms with Crippen molar-refractivity contribution in [1.82, 2.24) is 14.8 Å². The summed E-state index contributed by atoms with van der Waals surface area (Å²) < 4.78 is 2.16. The lowest BCUT2D eigenvalue weighted by atomic mass is 10.0. The molecule has 0 unspecified atom stereocenters. The molecule has 1 aliphatic rings. The number of hydrogen-bond acceptors (Lipinski definition) is 4. The van der Waals surface area contributed by atoms with E-state index in [1.54, 1.807) is 6.20 Å². The normalized spacial score (nSPS) is 13.1. The van der Waals surface area contributed by atoms with Gasteiger partial charge in [0, 0.05) is 18.1 Å². The number of H-pyrrole nitrogens is 1. The topological polar surface area (TPSA) is 74.7 Å². The number of benzene rings is 2. The van der Waals surface area contributed by atoms with Crippen molar-refractivity contribution >= 4 is 44.1 Å². The number of aromatic nitrogens is 3. The number of aromatic amines is 1. The van der Waals surface area contributed by atoms with Gasteiger partial charge in [-0.3, -0.25) is 9.89 Å². The molecule has 6 nitrogen and oxygen atoms in total. The number of nitrogens with zero attached hydrogens (tertiary/aromatic N) is 2. The molecule has 2 aromatic heterocycles. The van der Waals surface area contributed by atoms with Crippen LogP contribution in [0.25, 0.3) is 32.7 Å². The number of fused-ring (bicyclic) bond motifs is 4. The van der Waals surface area contributed by atoms with Crippen LogP contribution < -0.4 is 16.1 Å². The van der Waals surface area contributed by atoms with E-state index in [1.165, 1.54) is 0 Å². The van der Waals surface area contributed by atoms with E-state index in [9.17, 15) is 4.79 Å². The Bertz CT molecular complexity index is 1140. The SMILES string of the molecule is CNc1ccc2c3c1c(=O)c1c4cn[nH]c4ccc1n3CN2. The van der Waals surface area contributed by atoms with E-state index >= 15 is 0 Å². The van der Waals surface area contributed by atoms with E-state index in [0.717, 1.165) is 44.1 Å². The zero-order valence-corrected chi connectivity index (χ0v) is 11.9. The summed E-state index contributed by atoms with van der Waals surface area (Å²) in [6.45, 7) is 0.666. The van der Waals surface area contributed by atoms with Gasteiger partial charge in [-0.25, -0.2) is 0 Å². The molecule has 0 fully saturated rings. The van der Waals surface area contributed by atoms with Gasteiger partial charge in [-0.15, -0.1) is 0 Å². The van der Waals surface area contributed by atoms with Crippen LogP contribution in [-0.2, 0) is 6.67 Å². The molecule has 0 amide bonds. The van der Waals surface area contributed by atoms with Crippen molar-refractivity contribution in [3.63, 3.8) is 0 Å². The Kier molecular flexibility index (Phi) is 2.00. The second-order valence-corrected chi connectivity index (χ2v) is 5.52. The summed E-state index contributed by atoms with van der Waals surface area (Å²) in [5.74, 6) is 0. The van der Waals surface area contributed by atoms with Crippen molar-refractivity contribution in [3.8, 4) is 0 Å². The fourth-order valence-corrected chi connectivity index (χ4v) is 3.50. The van der Waals surface area contributed by atoms with E-state index in [4.69, 9.17) is 0 Å². The fraction of sp³-hybridized carbons (Fsp3) is 0.125. The molecule has 1 aliphatic heterocycles. The highest BCUT2D eigenvalue weighted by molar-refractivity contribution is 6.13. The van der Waals surface area contributed by atoms with Crippen LogP contribution in [0.3, 0.4) is 0 Å². The highest BCUT2D eigenvalue weighted by Crippen LogP contribution is 2.35. The third kappa shape index (κ3) is 1.21. The molecular weight excluding hydrogens is 278 g/mol. The van der Waals surface area contributed by atoms with Crippen molar-refractivity contribution < 1.29 is 0 Å². The molecule has 0 spiro atoms. The second-order valence-electron chi connectivity index (χ2n) is 5.52. The first kappa shape index (κ1) is 11.6. The highest BCUT2D eigenvalue weighted by Gasteiger charge is 2.22. The average Bonchev–Trinajstić information content (AvgIpc) is 3.18. The van der Waals surface area contributed by atoms with E-state index in [1.807, 2.05) is 31.3 Å². The molecule has 0 atom stereocenters. The summed E-state index contributed by atoms with van der Waals surface area (Å²) in [7, 11) is 1.84. The average molecular weight is 291 g/mol. The Labute approximate surface area is 124 Å². The van der Waals surface area contributed by atoms with E-state index in [0.29, 0.717) is 6.67 Å². The van der Waals surface area contributed by atoms with E-state index in [-0.39, 0.29) is 5.43 Å². The smallest absolute Gasteiger partial charge is 0.200 e. The summed E-state index contributed by atoms with van der Waals surface area (Å²) in [6, 6.07) is 7.92. The summed E-state index contributed by atoms with van der Waals surface area (Å²) in [5, 5.41) is 15.8. The minimum Gasteiger partial charge on any atom is -0.387 e. The van der Waals surface area contributed by atoms with Gasteiger partial charge in [-0.1, -0.05) is 0 Å². The third-order valence-corrected chi connectivity index (χ3v) is 4.49. The lowest BCUT2D eigenvalue weighted by Gasteiger charge is -2.12. The Morgan fingerprint density at radius 2 is 2.14 bits per heavy atom. The molecule has 0 bridgehead atoms. The molecule has 6 heteroatoms. The number of rotatable bonds is 1. The van der Waals surface area contributed by atoms with Gasteiger partial charge in [-0.2, -0.15) is 5.10 Å². The number of anilines is 2. The third-order valence-electron chi connectivity index (χ3n) is 4.49. The van der Waals surface area contributed by atoms with Crippen molar-refractivity contribution in [3.05, 3.63) is 40.7 Å². The summed E-state index contributed by atoms with van der Waals surface area (Å²) in [6.07, 6.45) is 1.73. The lowest BCUT2D eigenvalue weighted by molar-refractivity contribution is 0.873. The van der Waals surface area contributed by atoms with Gasteiger partial charge in [0.15, 0.2) is 5.43 Å². The van der Waals surface area contributed by atoms with Crippen molar-refractivity contribution in [2.24, 2.45) is 0 Å². The van der Waals surface area contributed by atoms with Gasteiger partial charge in [0.05, 0.1) is 45.9 Å². The molecule has 5 rings (SSSR count). The van der Waals surface area contributed by atoms with Crippen LogP contribution >= 0.6 is 0 Å². The van der Waals surface area contributed by atoms with Gasteiger partial charge in [-0.05, 0) is 24.3 Å². The van der Waals surface area contributed by atoms with Crippen LogP contribution in [0.5, 0.6) is 0 Å². The van der Waals surface area contributed by atoms with Crippen LogP contribution in [0.2, 0.25) is 0 Å². The Morgan fingerprint density at radius 3 is 3.00 bits per heavy atom. The van der Waals surface area contributed by atoms with E-state index < -0.39 is 0 Å². The van der Waals surface area contributed by atoms with Gasteiger partial charge < -0.3 is 15.2 Å². The standard InChI is InChI=1S/C16H13N5O/c1-17-10-2-3-11-15-14(10)16(22)13-8-6-19-20-9(8)4-5-12(13)21(15)7-18-11/h2-6,17-18H,7H2,1H3,(H,19,20). The molecular formula is C16H13N5O. The summed E-state index contributed by atoms with van der Waals surface area (Å²) >= 11 is 0. The molecule has 22 heavy (non-hydrogen) atoms. The first-order valence-corrected chi connectivity index (χ1v) is 7.16. The maximum Gasteiger partial charge on any atom is 0.200 e. The van der Waals surface area contributed by atoms with E-state index in [2.05, 4.69) is 25.4 Å². The minimum absolute atomic E-state index is 0.0446. The predicted octanol–water partition coefficient (Wildman–Crippen LogP) is 2.46. The molecule has 108 valence electrons. The first-order chi connectivity index (χ1) is 10.8. The molecule has 4 aromatic rings. The van der Waals surface area contributed by atoms with Crippen molar-refractivity contribution in [2.75, 3.05) is 17.7 Å². The van der Waals surface area contributed by atoms with Gasteiger partial charge in [0.1, 0.15) is 0 Å². The van der Waals surface area contributed by atoms with Crippen LogP contribution in [0.4, 0.5) is 11.4 Å². The molecule has 3 heterocycles. The van der Waals surface area contributed by atoms with Crippen LogP contribution in [0.15, 0.2) is 35.3 Å². The Hall–Kier alpha value is -3.02. The van der Waals surface area contributed by atoms with Crippen LogP contribution in [0.1, 0.15) is 0 Å². The zero-order chi connectivity index (χ0) is 14.8. The first-order valence-electron chi connectivity index (χ1n) is 7.16. The van der Waals surface area contributed by atoms with Crippen molar-refractivity contribution in [2.45, 2.75) is 6.67 Å². The molecule has 0 aliphatic carbocycles.